The predicted molar refractivity (Wildman–Crippen MR) is 71.3 cm³/mol. The largest absolute Gasteiger partial charge is 0.368 e. The minimum atomic E-state index is -1.21. The van der Waals surface area contributed by atoms with Crippen LogP contribution < -0.4 is 11.5 Å². The van der Waals surface area contributed by atoms with Crippen molar-refractivity contribution in [2.45, 2.75) is 10.8 Å². The van der Waals surface area contributed by atoms with Gasteiger partial charge in [0.15, 0.2) is 0 Å². The minimum absolute atomic E-state index is 0.211. The lowest BCUT2D eigenvalue weighted by Gasteiger charge is -2.39. The molecule has 4 nitrogen and oxygen atoms in total. The normalized spacial score (nSPS) is 30.7. The van der Waals surface area contributed by atoms with Crippen LogP contribution in [0, 0.1) is 0 Å². The van der Waals surface area contributed by atoms with Crippen molar-refractivity contribution in [3.05, 3.63) is 58.7 Å². The van der Waals surface area contributed by atoms with Gasteiger partial charge in [0.1, 0.15) is 10.8 Å². The third-order valence-corrected chi connectivity index (χ3v) is 4.35. The molecule has 5 aliphatic rings. The molecule has 4 bridgehead atoms. The summed E-state index contributed by atoms with van der Waals surface area (Å²) >= 11 is 6.27. The van der Waals surface area contributed by atoms with E-state index in [2.05, 4.69) is 0 Å². The number of carbonyl (C=O) groups excluding carboxylic acids is 2. The van der Waals surface area contributed by atoms with E-state index in [1.165, 1.54) is 6.08 Å². The Labute approximate surface area is 114 Å². The van der Waals surface area contributed by atoms with Gasteiger partial charge >= 0.3 is 0 Å². The monoisotopic (exact) mass is 274 g/mol. The molecule has 0 fully saturated rings. The molecule has 5 aliphatic carbocycles. The standard InChI is InChI=1S/C14H11ClN2O2/c15-10-7-13(11(16)18)5-6-14(10,12(17)19)9-3-1-8(13)2-4-9/h1-7H,(H2,16,18)(H2,17,19). The smallest absolute Gasteiger partial charge is 0.237 e. The van der Waals surface area contributed by atoms with E-state index in [-0.39, 0.29) is 5.03 Å². The first kappa shape index (κ1) is 12.0. The Balaban J connectivity index is 2.43. The summed E-state index contributed by atoms with van der Waals surface area (Å²) < 4.78 is 0. The van der Waals surface area contributed by atoms with Gasteiger partial charge in [-0.2, -0.15) is 0 Å². The number of primary amides is 2. The quantitative estimate of drug-likeness (QED) is 0.783. The Kier molecular flexibility index (Phi) is 2.20. The van der Waals surface area contributed by atoms with Crippen molar-refractivity contribution >= 4 is 23.4 Å². The van der Waals surface area contributed by atoms with E-state index < -0.39 is 22.6 Å². The zero-order valence-electron chi connectivity index (χ0n) is 9.89. The lowest BCUT2D eigenvalue weighted by Crippen LogP contribution is -2.48. The molecular weight excluding hydrogens is 264 g/mol. The van der Waals surface area contributed by atoms with E-state index in [4.69, 9.17) is 23.1 Å². The summed E-state index contributed by atoms with van der Waals surface area (Å²) in [5.41, 5.74) is 10.1. The zero-order valence-corrected chi connectivity index (χ0v) is 10.6. The Bertz CT molecular complexity index is 663. The maximum absolute atomic E-state index is 11.9. The number of amides is 2. The Hall–Kier alpha value is -2.07. The fourth-order valence-electron chi connectivity index (χ4n) is 2.76. The maximum atomic E-state index is 11.9. The maximum Gasteiger partial charge on any atom is 0.237 e. The highest BCUT2D eigenvalue weighted by atomic mass is 35.5. The molecule has 0 radical (unpaired) electrons. The minimum Gasteiger partial charge on any atom is -0.368 e. The molecule has 2 unspecified atom stereocenters. The molecule has 0 heterocycles. The van der Waals surface area contributed by atoms with Crippen LogP contribution in [0.4, 0.5) is 0 Å². The van der Waals surface area contributed by atoms with Crippen molar-refractivity contribution in [1.82, 2.24) is 0 Å². The van der Waals surface area contributed by atoms with Crippen LogP contribution in [-0.4, -0.2) is 11.8 Å². The van der Waals surface area contributed by atoms with Crippen LogP contribution in [0.25, 0.3) is 0 Å². The summed E-state index contributed by atoms with van der Waals surface area (Å²) in [6.45, 7) is 0. The van der Waals surface area contributed by atoms with Crippen LogP contribution >= 0.6 is 11.6 Å². The van der Waals surface area contributed by atoms with E-state index in [0.717, 1.165) is 5.56 Å². The number of halogens is 1. The highest BCUT2D eigenvalue weighted by molar-refractivity contribution is 6.34. The highest BCUT2D eigenvalue weighted by Crippen LogP contribution is 2.47. The fourth-order valence-corrected chi connectivity index (χ4v) is 3.20. The van der Waals surface area contributed by atoms with Crippen molar-refractivity contribution in [2.24, 2.45) is 11.5 Å². The number of carbonyl (C=O) groups is 2. The molecule has 19 heavy (non-hydrogen) atoms. The number of hydrogen-bond acceptors (Lipinski definition) is 2. The lowest BCUT2D eigenvalue weighted by atomic mass is 9.65. The molecule has 0 aliphatic heterocycles. The fraction of sp³-hybridized carbons (Fsp3) is 0.143. The second-order valence-corrected chi connectivity index (χ2v) is 5.22. The molecule has 0 saturated carbocycles. The van der Waals surface area contributed by atoms with Gasteiger partial charge in [-0.15, -0.1) is 0 Å². The van der Waals surface area contributed by atoms with Crippen molar-refractivity contribution in [2.75, 3.05) is 0 Å². The van der Waals surface area contributed by atoms with Crippen molar-refractivity contribution in [3.8, 4) is 0 Å². The van der Waals surface area contributed by atoms with Gasteiger partial charge in [0.05, 0.1) is 0 Å². The number of rotatable bonds is 2. The van der Waals surface area contributed by atoms with Gasteiger partial charge in [-0.05, 0) is 17.2 Å². The second-order valence-electron chi connectivity index (χ2n) is 4.81. The van der Waals surface area contributed by atoms with E-state index in [1.54, 1.807) is 36.4 Å². The third kappa shape index (κ3) is 1.24. The Morgan fingerprint density at radius 3 is 2.00 bits per heavy atom. The van der Waals surface area contributed by atoms with Crippen LogP contribution in [0.5, 0.6) is 0 Å². The molecule has 1 aromatic rings. The molecule has 96 valence electrons. The molecule has 2 atom stereocenters. The molecule has 1 aromatic carbocycles. The summed E-state index contributed by atoms with van der Waals surface area (Å²) in [4.78, 5) is 23.8. The van der Waals surface area contributed by atoms with Gasteiger partial charge in [-0.1, -0.05) is 48.0 Å². The number of benzene rings is 1. The van der Waals surface area contributed by atoms with Crippen LogP contribution in [0.3, 0.4) is 0 Å². The number of hydrogen-bond donors (Lipinski definition) is 2. The van der Waals surface area contributed by atoms with Gasteiger partial charge < -0.3 is 11.5 Å². The first-order chi connectivity index (χ1) is 8.93. The van der Waals surface area contributed by atoms with Crippen LogP contribution in [-0.2, 0) is 20.4 Å². The molecule has 0 spiro atoms. The van der Waals surface area contributed by atoms with Crippen LogP contribution in [0.1, 0.15) is 11.1 Å². The average Bonchev–Trinajstić information content (AvgIpc) is 2.35. The summed E-state index contributed by atoms with van der Waals surface area (Å²) in [6.07, 6.45) is 4.70. The van der Waals surface area contributed by atoms with Crippen LogP contribution in [0.15, 0.2) is 47.5 Å². The lowest BCUT2D eigenvalue weighted by molar-refractivity contribution is -0.122. The van der Waals surface area contributed by atoms with Crippen LogP contribution in [0.2, 0.25) is 0 Å². The predicted octanol–water partition coefficient (Wildman–Crippen LogP) is 0.839. The summed E-state index contributed by atoms with van der Waals surface area (Å²) in [5, 5.41) is 0.211. The Morgan fingerprint density at radius 2 is 1.53 bits per heavy atom. The van der Waals surface area contributed by atoms with Crippen molar-refractivity contribution < 1.29 is 9.59 Å². The van der Waals surface area contributed by atoms with Crippen molar-refractivity contribution in [3.63, 3.8) is 0 Å². The van der Waals surface area contributed by atoms with E-state index in [9.17, 15) is 9.59 Å². The summed E-state index contributed by atoms with van der Waals surface area (Å²) in [7, 11) is 0. The second kappa shape index (κ2) is 3.48. The van der Waals surface area contributed by atoms with Crippen molar-refractivity contribution in [1.29, 1.82) is 0 Å². The first-order valence-electron chi connectivity index (χ1n) is 5.73. The first-order valence-corrected chi connectivity index (χ1v) is 6.11. The third-order valence-electron chi connectivity index (χ3n) is 3.94. The van der Waals surface area contributed by atoms with E-state index in [0.29, 0.717) is 5.56 Å². The number of nitrogens with two attached hydrogens (primary N) is 2. The molecular formula is C14H11ClN2O2. The average molecular weight is 275 g/mol. The highest BCUT2D eigenvalue weighted by Gasteiger charge is 2.49. The topological polar surface area (TPSA) is 86.2 Å². The summed E-state index contributed by atoms with van der Waals surface area (Å²) in [6, 6.07) is 7.02. The zero-order chi connectivity index (χ0) is 13.8. The van der Waals surface area contributed by atoms with Gasteiger partial charge in [-0.3, -0.25) is 9.59 Å². The summed E-state index contributed by atoms with van der Waals surface area (Å²) in [5.74, 6) is -1.13. The SMILES string of the molecule is NC(=O)C12C=CC(C(N)=O)(C(Cl)=C1)c1ccc2cc1. The Morgan fingerprint density at radius 1 is 0.947 bits per heavy atom. The molecule has 5 heteroatoms. The van der Waals surface area contributed by atoms with Gasteiger partial charge in [0, 0.05) is 5.03 Å². The van der Waals surface area contributed by atoms with Gasteiger partial charge in [-0.25, -0.2) is 0 Å². The van der Waals surface area contributed by atoms with Gasteiger partial charge in [0.2, 0.25) is 11.8 Å². The molecule has 6 rings (SSSR count). The molecule has 0 saturated heterocycles. The van der Waals surface area contributed by atoms with Gasteiger partial charge in [0.25, 0.3) is 0 Å². The molecule has 4 N–H and O–H groups in total. The van der Waals surface area contributed by atoms with E-state index >= 15 is 0 Å². The van der Waals surface area contributed by atoms with E-state index in [1.807, 2.05) is 0 Å². The molecule has 2 amide bonds. The molecule has 0 aromatic heterocycles.